The first kappa shape index (κ1) is 15.1. The monoisotopic (exact) mass is 249 g/mol. The lowest BCUT2D eigenvalue weighted by Crippen LogP contribution is -2.42. The molecule has 0 fully saturated rings. The van der Waals surface area contributed by atoms with E-state index in [-0.39, 0.29) is 5.75 Å². The quantitative estimate of drug-likeness (QED) is 0.578. The number of carbonyl (C=O) groups excluding carboxylic acids is 1. The predicted octanol–water partition coefficient (Wildman–Crippen LogP) is 0.822. The van der Waals surface area contributed by atoms with Crippen LogP contribution in [0.25, 0.3) is 0 Å². The van der Waals surface area contributed by atoms with Crippen molar-refractivity contribution in [2.24, 2.45) is 0 Å². The highest BCUT2D eigenvalue weighted by molar-refractivity contribution is 7.89. The van der Waals surface area contributed by atoms with Crippen LogP contribution in [0.1, 0.15) is 27.7 Å². The smallest absolute Gasteiger partial charge is 0.324 e. The molecule has 0 aromatic heterocycles. The highest BCUT2D eigenvalue weighted by atomic mass is 32.2. The molecule has 0 rings (SSSR count). The van der Waals surface area contributed by atoms with E-state index in [4.69, 9.17) is 4.74 Å². The molecule has 0 spiro atoms. The molecule has 5 nitrogen and oxygen atoms in total. The average molecular weight is 249 g/mol. The van der Waals surface area contributed by atoms with Crippen molar-refractivity contribution in [3.05, 3.63) is 12.7 Å². The first-order chi connectivity index (χ1) is 7.07. The Morgan fingerprint density at radius 3 is 2.38 bits per heavy atom. The molecule has 0 amide bonds. The Balaban J connectivity index is 4.42. The van der Waals surface area contributed by atoms with Gasteiger partial charge < -0.3 is 4.74 Å². The molecular weight excluding hydrogens is 230 g/mol. The Bertz CT molecular complexity index is 354. The maximum Gasteiger partial charge on any atom is 0.324 e. The molecule has 0 saturated heterocycles. The Labute approximate surface area is 96.9 Å². The summed E-state index contributed by atoms with van der Waals surface area (Å²) in [4.78, 5) is 11.5. The van der Waals surface area contributed by atoms with Gasteiger partial charge in [-0.05, 0) is 27.7 Å². The third-order valence-corrected chi connectivity index (χ3v) is 2.84. The Hall–Kier alpha value is -0.880. The zero-order valence-corrected chi connectivity index (χ0v) is 10.9. The molecule has 0 heterocycles. The summed E-state index contributed by atoms with van der Waals surface area (Å²) in [5.74, 6) is -0.819. The molecule has 0 unspecified atom stereocenters. The molecule has 16 heavy (non-hydrogen) atoms. The first-order valence-electron chi connectivity index (χ1n) is 4.91. The van der Waals surface area contributed by atoms with Gasteiger partial charge in [0, 0.05) is 0 Å². The minimum Gasteiger partial charge on any atom is -0.459 e. The van der Waals surface area contributed by atoms with Crippen LogP contribution < -0.4 is 4.72 Å². The summed E-state index contributed by atoms with van der Waals surface area (Å²) in [5.41, 5.74) is -0.630. The van der Waals surface area contributed by atoms with Gasteiger partial charge in [-0.3, -0.25) is 4.79 Å². The van der Waals surface area contributed by atoms with Crippen molar-refractivity contribution in [2.45, 2.75) is 39.3 Å². The third-order valence-electron chi connectivity index (χ3n) is 1.45. The molecule has 6 heteroatoms. The number of esters is 1. The molecule has 0 aliphatic carbocycles. The van der Waals surface area contributed by atoms with E-state index < -0.39 is 27.6 Å². The predicted molar refractivity (Wildman–Crippen MR) is 62.4 cm³/mol. The van der Waals surface area contributed by atoms with Gasteiger partial charge in [0.1, 0.15) is 11.6 Å². The molecule has 94 valence electrons. The van der Waals surface area contributed by atoms with Gasteiger partial charge in [0.25, 0.3) is 0 Å². The van der Waals surface area contributed by atoms with Gasteiger partial charge in [0.2, 0.25) is 10.0 Å². The molecule has 0 aliphatic heterocycles. The standard InChI is InChI=1S/C10H19NO4S/c1-6-7-16(13,14)11-8(2)9(12)15-10(3,4)5/h6,8,11H,1,7H2,2-5H3/t8-/m0/s1. The number of hydrogen-bond acceptors (Lipinski definition) is 4. The molecule has 0 aliphatic rings. The van der Waals surface area contributed by atoms with Crippen LogP contribution in [-0.4, -0.2) is 31.8 Å². The largest absolute Gasteiger partial charge is 0.459 e. The average Bonchev–Trinajstić information content (AvgIpc) is 1.99. The van der Waals surface area contributed by atoms with Crippen LogP contribution in [0.3, 0.4) is 0 Å². The van der Waals surface area contributed by atoms with E-state index in [2.05, 4.69) is 11.3 Å². The van der Waals surface area contributed by atoms with Gasteiger partial charge in [-0.1, -0.05) is 6.08 Å². The molecular formula is C10H19NO4S. The summed E-state index contributed by atoms with van der Waals surface area (Å²) < 4.78 is 29.9. The fourth-order valence-corrected chi connectivity index (χ4v) is 1.95. The molecule has 0 aromatic carbocycles. The van der Waals surface area contributed by atoms with Gasteiger partial charge in [0.05, 0.1) is 5.75 Å². The summed E-state index contributed by atoms with van der Waals surface area (Å²) in [6.45, 7) is 9.92. The number of nitrogens with one attached hydrogen (secondary N) is 1. The number of hydrogen-bond donors (Lipinski definition) is 1. The lowest BCUT2D eigenvalue weighted by Gasteiger charge is -2.22. The summed E-state index contributed by atoms with van der Waals surface area (Å²) in [7, 11) is -3.50. The van der Waals surface area contributed by atoms with Crippen LogP contribution in [-0.2, 0) is 19.6 Å². The molecule has 0 bridgehead atoms. The normalized spacial score (nSPS) is 14.2. The van der Waals surface area contributed by atoms with Crippen LogP contribution in [0.4, 0.5) is 0 Å². The van der Waals surface area contributed by atoms with Crippen molar-refractivity contribution in [2.75, 3.05) is 5.75 Å². The molecule has 0 radical (unpaired) electrons. The van der Waals surface area contributed by atoms with E-state index >= 15 is 0 Å². The zero-order chi connectivity index (χ0) is 13.0. The van der Waals surface area contributed by atoms with Crippen molar-refractivity contribution in [1.29, 1.82) is 0 Å². The van der Waals surface area contributed by atoms with Crippen molar-refractivity contribution in [3.63, 3.8) is 0 Å². The van der Waals surface area contributed by atoms with Crippen LogP contribution in [0.2, 0.25) is 0 Å². The van der Waals surface area contributed by atoms with E-state index in [1.165, 1.54) is 13.0 Å². The van der Waals surface area contributed by atoms with E-state index in [0.29, 0.717) is 0 Å². The second kappa shape index (κ2) is 5.45. The first-order valence-corrected chi connectivity index (χ1v) is 6.56. The van der Waals surface area contributed by atoms with Crippen molar-refractivity contribution in [3.8, 4) is 0 Å². The van der Waals surface area contributed by atoms with Crippen molar-refractivity contribution in [1.82, 2.24) is 4.72 Å². The maximum atomic E-state index is 11.5. The van der Waals surface area contributed by atoms with Crippen molar-refractivity contribution >= 4 is 16.0 Å². The van der Waals surface area contributed by atoms with E-state index in [1.807, 2.05) is 0 Å². The van der Waals surface area contributed by atoms with Crippen molar-refractivity contribution < 1.29 is 17.9 Å². The fraction of sp³-hybridized carbons (Fsp3) is 0.700. The van der Waals surface area contributed by atoms with Crippen LogP contribution in [0.15, 0.2) is 12.7 Å². The number of carbonyl (C=O) groups is 1. The van der Waals surface area contributed by atoms with E-state index in [0.717, 1.165) is 0 Å². The summed E-state index contributed by atoms with van der Waals surface area (Å²) >= 11 is 0. The summed E-state index contributed by atoms with van der Waals surface area (Å²) in [5, 5.41) is 0. The second-order valence-corrected chi connectivity index (χ2v) is 6.24. The maximum absolute atomic E-state index is 11.5. The van der Waals surface area contributed by atoms with Gasteiger partial charge in [0.15, 0.2) is 0 Å². The Morgan fingerprint density at radius 2 is 2.00 bits per heavy atom. The van der Waals surface area contributed by atoms with Gasteiger partial charge in [-0.15, -0.1) is 6.58 Å². The van der Waals surface area contributed by atoms with Crippen LogP contribution in [0.5, 0.6) is 0 Å². The van der Waals surface area contributed by atoms with E-state index in [1.54, 1.807) is 20.8 Å². The molecule has 0 saturated carbocycles. The minimum atomic E-state index is -3.50. The Morgan fingerprint density at radius 1 is 1.50 bits per heavy atom. The lowest BCUT2D eigenvalue weighted by atomic mass is 10.2. The Kier molecular flexibility index (Phi) is 5.15. The second-order valence-electron chi connectivity index (χ2n) is 4.44. The highest BCUT2D eigenvalue weighted by Gasteiger charge is 2.24. The summed E-state index contributed by atoms with van der Waals surface area (Å²) in [6.07, 6.45) is 1.25. The molecule has 0 aromatic rings. The zero-order valence-electron chi connectivity index (χ0n) is 10.1. The van der Waals surface area contributed by atoms with Crippen LogP contribution >= 0.6 is 0 Å². The molecule has 1 N–H and O–H groups in total. The summed E-state index contributed by atoms with van der Waals surface area (Å²) in [6, 6.07) is -0.899. The number of rotatable bonds is 5. The number of sulfonamides is 1. The third kappa shape index (κ3) is 6.58. The SMILES string of the molecule is C=CCS(=O)(=O)N[C@@H](C)C(=O)OC(C)(C)C. The van der Waals surface area contributed by atoms with Crippen LogP contribution in [0, 0.1) is 0 Å². The topological polar surface area (TPSA) is 72.5 Å². The highest BCUT2D eigenvalue weighted by Crippen LogP contribution is 2.08. The minimum absolute atomic E-state index is 0.222. The van der Waals surface area contributed by atoms with Gasteiger partial charge in [-0.25, -0.2) is 13.1 Å². The number of ether oxygens (including phenoxy) is 1. The van der Waals surface area contributed by atoms with Gasteiger partial charge >= 0.3 is 5.97 Å². The van der Waals surface area contributed by atoms with E-state index in [9.17, 15) is 13.2 Å². The lowest BCUT2D eigenvalue weighted by molar-refractivity contribution is -0.156. The van der Waals surface area contributed by atoms with Gasteiger partial charge in [-0.2, -0.15) is 0 Å². The molecule has 1 atom stereocenters. The fourth-order valence-electron chi connectivity index (χ4n) is 0.911.